The first-order valence-corrected chi connectivity index (χ1v) is 10.7. The number of hydrogen-bond acceptors (Lipinski definition) is 4. The lowest BCUT2D eigenvalue weighted by molar-refractivity contribution is 0.183. The lowest BCUT2D eigenvalue weighted by Gasteiger charge is -2.35. The molecule has 1 aliphatic rings. The van der Waals surface area contributed by atoms with Gasteiger partial charge in [0.05, 0.1) is 18.2 Å². The van der Waals surface area contributed by atoms with Gasteiger partial charge in [0.25, 0.3) is 5.56 Å². The molecule has 0 saturated carbocycles. The van der Waals surface area contributed by atoms with Crippen LogP contribution in [0.3, 0.4) is 0 Å². The van der Waals surface area contributed by atoms with Crippen LogP contribution in [0.1, 0.15) is 53.3 Å². The first kappa shape index (κ1) is 20.4. The second-order valence-electron chi connectivity index (χ2n) is 8.25. The van der Waals surface area contributed by atoms with Gasteiger partial charge in [-0.15, -0.1) is 0 Å². The molecular weight excluding hydrogens is 374 g/mol. The Kier molecular flexibility index (Phi) is 6.00. The highest BCUT2D eigenvalue weighted by Crippen LogP contribution is 2.34. The van der Waals surface area contributed by atoms with E-state index in [2.05, 4.69) is 41.1 Å². The fourth-order valence-corrected chi connectivity index (χ4v) is 4.38. The number of aromatic hydroxyl groups is 1. The molecule has 0 amide bonds. The van der Waals surface area contributed by atoms with E-state index in [-0.39, 0.29) is 17.4 Å². The second-order valence-corrected chi connectivity index (χ2v) is 8.25. The minimum Gasteiger partial charge on any atom is -0.507 e. The molecule has 156 valence electrons. The lowest BCUT2D eigenvalue weighted by atomic mass is 9.94. The topological polar surface area (TPSA) is 58.4 Å². The summed E-state index contributed by atoms with van der Waals surface area (Å²) in [6, 6.07) is 13.6. The SMILES string of the molecule is Cc1ccc([C@@H](c2c(O)cc(C)n(Cc3cccnc3)c2=O)N2CCCCC2)cc1. The predicted molar refractivity (Wildman–Crippen MR) is 119 cm³/mol. The van der Waals surface area contributed by atoms with Gasteiger partial charge in [0, 0.05) is 18.1 Å². The average molecular weight is 404 g/mol. The lowest BCUT2D eigenvalue weighted by Crippen LogP contribution is -2.38. The molecule has 1 aliphatic heterocycles. The van der Waals surface area contributed by atoms with Gasteiger partial charge in [-0.25, -0.2) is 0 Å². The number of rotatable bonds is 5. The van der Waals surface area contributed by atoms with Crippen LogP contribution in [0.5, 0.6) is 5.75 Å². The number of likely N-dealkylation sites (tertiary alicyclic amines) is 1. The maximum atomic E-state index is 13.7. The van der Waals surface area contributed by atoms with Crippen LogP contribution in [0.15, 0.2) is 59.7 Å². The molecule has 3 heterocycles. The van der Waals surface area contributed by atoms with E-state index >= 15 is 0 Å². The number of pyridine rings is 2. The Hall–Kier alpha value is -2.92. The van der Waals surface area contributed by atoms with Crippen LogP contribution < -0.4 is 5.56 Å². The molecule has 0 bridgehead atoms. The Balaban J connectivity index is 1.84. The Morgan fingerprint density at radius 1 is 1.07 bits per heavy atom. The highest BCUT2D eigenvalue weighted by Gasteiger charge is 2.30. The minimum atomic E-state index is -0.251. The van der Waals surface area contributed by atoms with E-state index in [1.807, 2.05) is 19.1 Å². The van der Waals surface area contributed by atoms with Crippen LogP contribution in [-0.4, -0.2) is 32.6 Å². The summed E-state index contributed by atoms with van der Waals surface area (Å²) in [7, 11) is 0. The predicted octanol–water partition coefficient (Wildman–Crippen LogP) is 4.19. The van der Waals surface area contributed by atoms with Crippen molar-refractivity contribution in [3.05, 3.63) is 93.2 Å². The Morgan fingerprint density at radius 2 is 1.80 bits per heavy atom. The van der Waals surface area contributed by atoms with Gasteiger partial charge in [-0.05, 0) is 63.0 Å². The van der Waals surface area contributed by atoms with Crippen molar-refractivity contribution < 1.29 is 5.11 Å². The Morgan fingerprint density at radius 3 is 2.47 bits per heavy atom. The van der Waals surface area contributed by atoms with Crippen molar-refractivity contribution in [3.8, 4) is 5.75 Å². The molecule has 4 rings (SSSR count). The van der Waals surface area contributed by atoms with Gasteiger partial charge >= 0.3 is 0 Å². The third-order valence-corrected chi connectivity index (χ3v) is 6.01. The molecule has 0 unspecified atom stereocenters. The number of aryl methyl sites for hydroxylation is 2. The van der Waals surface area contributed by atoms with Crippen LogP contribution >= 0.6 is 0 Å². The normalized spacial score (nSPS) is 15.8. The largest absolute Gasteiger partial charge is 0.507 e. The maximum absolute atomic E-state index is 13.7. The van der Waals surface area contributed by atoms with Crippen molar-refractivity contribution in [3.63, 3.8) is 0 Å². The number of piperidine rings is 1. The molecule has 2 aromatic heterocycles. The van der Waals surface area contributed by atoms with Crippen molar-refractivity contribution in [1.29, 1.82) is 0 Å². The van der Waals surface area contributed by atoms with Gasteiger partial charge < -0.3 is 9.67 Å². The number of benzene rings is 1. The molecule has 5 nitrogen and oxygen atoms in total. The molecule has 1 N–H and O–H groups in total. The Labute approximate surface area is 177 Å². The molecule has 30 heavy (non-hydrogen) atoms. The van der Waals surface area contributed by atoms with Gasteiger partial charge in [0.15, 0.2) is 0 Å². The van der Waals surface area contributed by atoms with Gasteiger partial charge in [-0.1, -0.05) is 42.3 Å². The van der Waals surface area contributed by atoms with Crippen molar-refractivity contribution in [2.75, 3.05) is 13.1 Å². The highest BCUT2D eigenvalue weighted by molar-refractivity contribution is 5.42. The van der Waals surface area contributed by atoms with Gasteiger partial charge in [-0.3, -0.25) is 14.7 Å². The summed E-state index contributed by atoms with van der Waals surface area (Å²) >= 11 is 0. The number of aromatic nitrogens is 2. The summed E-state index contributed by atoms with van der Waals surface area (Å²) in [5, 5.41) is 10.9. The molecular formula is C25H29N3O2. The molecule has 5 heteroatoms. The van der Waals surface area contributed by atoms with E-state index in [4.69, 9.17) is 0 Å². The zero-order valence-electron chi connectivity index (χ0n) is 17.7. The summed E-state index contributed by atoms with van der Waals surface area (Å²) in [5.41, 5.74) is 4.27. The maximum Gasteiger partial charge on any atom is 0.259 e. The van der Waals surface area contributed by atoms with E-state index in [9.17, 15) is 9.90 Å². The summed E-state index contributed by atoms with van der Waals surface area (Å²) in [6.45, 7) is 6.21. The minimum absolute atomic E-state index is 0.0797. The van der Waals surface area contributed by atoms with Crippen molar-refractivity contribution in [1.82, 2.24) is 14.5 Å². The third kappa shape index (κ3) is 4.17. The molecule has 0 spiro atoms. The van der Waals surface area contributed by atoms with E-state index in [1.165, 1.54) is 12.0 Å². The van der Waals surface area contributed by atoms with E-state index in [0.29, 0.717) is 12.1 Å². The van der Waals surface area contributed by atoms with Crippen molar-refractivity contribution in [2.45, 2.75) is 45.7 Å². The fourth-order valence-electron chi connectivity index (χ4n) is 4.38. The van der Waals surface area contributed by atoms with Gasteiger partial charge in [0.2, 0.25) is 0 Å². The van der Waals surface area contributed by atoms with Crippen LogP contribution in [0.4, 0.5) is 0 Å². The monoisotopic (exact) mass is 403 g/mol. The second kappa shape index (κ2) is 8.84. The zero-order chi connectivity index (χ0) is 21.1. The summed E-state index contributed by atoms with van der Waals surface area (Å²) < 4.78 is 1.75. The average Bonchev–Trinajstić information content (AvgIpc) is 2.76. The molecule has 0 aliphatic carbocycles. The number of nitrogens with zero attached hydrogens (tertiary/aromatic N) is 3. The highest BCUT2D eigenvalue weighted by atomic mass is 16.3. The summed E-state index contributed by atoms with van der Waals surface area (Å²) in [6.07, 6.45) is 6.94. The number of hydrogen-bond donors (Lipinski definition) is 1. The van der Waals surface area contributed by atoms with Gasteiger partial charge in [0.1, 0.15) is 5.75 Å². The zero-order valence-corrected chi connectivity index (χ0v) is 17.7. The quantitative estimate of drug-likeness (QED) is 0.694. The van der Waals surface area contributed by atoms with E-state index in [1.54, 1.807) is 23.0 Å². The van der Waals surface area contributed by atoms with Crippen LogP contribution in [0, 0.1) is 13.8 Å². The van der Waals surface area contributed by atoms with E-state index in [0.717, 1.165) is 42.8 Å². The Bertz CT molecular complexity index is 1050. The van der Waals surface area contributed by atoms with Crippen LogP contribution in [0.25, 0.3) is 0 Å². The molecule has 3 aromatic rings. The first-order chi connectivity index (χ1) is 14.5. The van der Waals surface area contributed by atoms with Crippen molar-refractivity contribution >= 4 is 0 Å². The standard InChI is InChI=1S/C25H29N3O2/c1-18-8-10-21(11-9-18)24(27-13-4-3-5-14-27)23-22(29)15-19(2)28(25(23)30)17-20-7-6-12-26-16-20/h6-12,15-16,24,29H,3-5,13-14,17H2,1-2H3/t24-/m0/s1. The van der Waals surface area contributed by atoms with E-state index < -0.39 is 0 Å². The first-order valence-electron chi connectivity index (χ1n) is 10.7. The molecule has 1 saturated heterocycles. The fraction of sp³-hybridized carbons (Fsp3) is 0.360. The summed E-state index contributed by atoms with van der Waals surface area (Å²) in [4.78, 5) is 20.2. The smallest absolute Gasteiger partial charge is 0.259 e. The molecule has 1 atom stereocenters. The van der Waals surface area contributed by atoms with Crippen LogP contribution in [-0.2, 0) is 6.54 Å². The molecule has 1 aromatic carbocycles. The van der Waals surface area contributed by atoms with Crippen LogP contribution in [0.2, 0.25) is 0 Å². The molecule has 0 radical (unpaired) electrons. The van der Waals surface area contributed by atoms with Gasteiger partial charge in [-0.2, -0.15) is 0 Å². The third-order valence-electron chi connectivity index (χ3n) is 6.01. The summed E-state index contributed by atoms with van der Waals surface area (Å²) in [5.74, 6) is 0.0797. The molecule has 1 fully saturated rings. The van der Waals surface area contributed by atoms with Crippen molar-refractivity contribution in [2.24, 2.45) is 0 Å².